The normalized spacial score (nSPS) is 24.8. The van der Waals surface area contributed by atoms with Crippen LogP contribution < -0.4 is 4.90 Å². The van der Waals surface area contributed by atoms with Crippen LogP contribution in [0.3, 0.4) is 0 Å². The molecular formula is C21H26N2O2S. The van der Waals surface area contributed by atoms with Gasteiger partial charge in [-0.3, -0.25) is 9.69 Å². The van der Waals surface area contributed by atoms with Crippen molar-refractivity contribution in [3.05, 3.63) is 52.2 Å². The molecule has 0 aliphatic carbocycles. The fourth-order valence-electron chi connectivity index (χ4n) is 4.01. The molecule has 2 saturated heterocycles. The Balaban J connectivity index is 1.45. The first-order valence-corrected chi connectivity index (χ1v) is 10.3. The van der Waals surface area contributed by atoms with Gasteiger partial charge in [-0.15, -0.1) is 11.3 Å². The number of aryl methyl sites for hydroxylation is 1. The number of benzene rings is 1. The third-order valence-corrected chi connectivity index (χ3v) is 6.65. The number of anilines is 1. The molecule has 1 atom stereocenters. The number of hydrogen-bond acceptors (Lipinski definition) is 4. The second-order valence-corrected chi connectivity index (χ2v) is 8.44. The van der Waals surface area contributed by atoms with Gasteiger partial charge in [0, 0.05) is 23.7 Å². The maximum absolute atomic E-state index is 12.4. The number of thiophene rings is 1. The lowest BCUT2D eigenvalue weighted by molar-refractivity contribution is -0.140. The van der Waals surface area contributed by atoms with Crippen molar-refractivity contribution in [1.29, 1.82) is 0 Å². The molecule has 1 amide bonds. The lowest BCUT2D eigenvalue weighted by atomic mass is 9.92. The Morgan fingerprint density at radius 1 is 1.15 bits per heavy atom. The Morgan fingerprint density at radius 3 is 2.77 bits per heavy atom. The van der Waals surface area contributed by atoms with Crippen molar-refractivity contribution in [1.82, 2.24) is 4.90 Å². The molecular weight excluding hydrogens is 344 g/mol. The van der Waals surface area contributed by atoms with Crippen molar-refractivity contribution < 1.29 is 9.53 Å². The van der Waals surface area contributed by atoms with E-state index < -0.39 is 0 Å². The molecule has 2 aliphatic rings. The molecule has 0 N–H and O–H groups in total. The highest BCUT2D eigenvalue weighted by Crippen LogP contribution is 2.33. The summed E-state index contributed by atoms with van der Waals surface area (Å²) in [4.78, 5) is 18.3. The molecule has 1 spiro atoms. The first kappa shape index (κ1) is 17.7. The van der Waals surface area contributed by atoms with Crippen LogP contribution >= 0.6 is 11.3 Å². The molecule has 5 heteroatoms. The molecule has 1 aromatic carbocycles. The van der Waals surface area contributed by atoms with Gasteiger partial charge in [0.05, 0.1) is 12.1 Å². The molecule has 3 heterocycles. The van der Waals surface area contributed by atoms with Crippen LogP contribution in [0.25, 0.3) is 0 Å². The van der Waals surface area contributed by atoms with E-state index in [1.165, 1.54) is 10.4 Å². The molecule has 1 aromatic heterocycles. The zero-order valence-electron chi connectivity index (χ0n) is 15.3. The van der Waals surface area contributed by atoms with Gasteiger partial charge in [0.1, 0.15) is 6.61 Å². The molecule has 4 rings (SSSR count). The molecule has 0 radical (unpaired) electrons. The average Bonchev–Trinajstić information content (AvgIpc) is 2.96. The summed E-state index contributed by atoms with van der Waals surface area (Å²) >= 11 is 1.85. The predicted molar refractivity (Wildman–Crippen MR) is 106 cm³/mol. The van der Waals surface area contributed by atoms with Crippen LogP contribution in [0.15, 0.2) is 41.8 Å². The monoisotopic (exact) mass is 370 g/mol. The van der Waals surface area contributed by atoms with Crippen LogP contribution in [0.1, 0.15) is 29.7 Å². The highest BCUT2D eigenvalue weighted by atomic mass is 32.1. The Kier molecular flexibility index (Phi) is 5.11. The molecule has 2 aliphatic heterocycles. The smallest absolute Gasteiger partial charge is 0.253 e. The highest BCUT2D eigenvalue weighted by Gasteiger charge is 2.41. The zero-order chi connectivity index (χ0) is 18.0. The summed E-state index contributed by atoms with van der Waals surface area (Å²) in [6.07, 6.45) is 3.11. The number of rotatable bonds is 3. The van der Waals surface area contributed by atoms with Crippen LogP contribution in [-0.4, -0.2) is 42.6 Å². The summed E-state index contributed by atoms with van der Waals surface area (Å²) in [7, 11) is 0. The van der Waals surface area contributed by atoms with Crippen LogP contribution in [0.5, 0.6) is 0 Å². The van der Waals surface area contributed by atoms with Gasteiger partial charge >= 0.3 is 0 Å². The van der Waals surface area contributed by atoms with E-state index in [0.29, 0.717) is 6.54 Å². The fourth-order valence-corrected chi connectivity index (χ4v) is 4.96. The minimum atomic E-state index is -0.205. The predicted octanol–water partition coefficient (Wildman–Crippen LogP) is 3.84. The fraction of sp³-hybridized carbons (Fsp3) is 0.476. The number of hydrogen-bond donors (Lipinski definition) is 0. The minimum absolute atomic E-state index is 0.0668. The first-order valence-electron chi connectivity index (χ1n) is 9.40. The Bertz CT molecular complexity index is 760. The van der Waals surface area contributed by atoms with Gasteiger partial charge in [-0.05, 0) is 61.9 Å². The number of nitrogens with zero attached hydrogens (tertiary/aromatic N) is 2. The van der Waals surface area contributed by atoms with Gasteiger partial charge in [-0.1, -0.05) is 18.2 Å². The largest absolute Gasteiger partial charge is 0.363 e. The Labute approximate surface area is 159 Å². The van der Waals surface area contributed by atoms with Gasteiger partial charge in [-0.2, -0.15) is 0 Å². The second-order valence-electron chi connectivity index (χ2n) is 7.44. The first-order chi connectivity index (χ1) is 12.7. The van der Waals surface area contributed by atoms with Crippen LogP contribution in [-0.2, 0) is 16.1 Å². The van der Waals surface area contributed by atoms with Crippen molar-refractivity contribution in [2.24, 2.45) is 0 Å². The summed E-state index contributed by atoms with van der Waals surface area (Å²) in [5.74, 6) is 0.0668. The molecule has 0 bridgehead atoms. The molecule has 4 nitrogen and oxygen atoms in total. The molecule has 0 saturated carbocycles. The Hall–Kier alpha value is -1.69. The average molecular weight is 371 g/mol. The van der Waals surface area contributed by atoms with E-state index in [-0.39, 0.29) is 18.1 Å². The van der Waals surface area contributed by atoms with E-state index in [9.17, 15) is 4.79 Å². The topological polar surface area (TPSA) is 32.8 Å². The van der Waals surface area contributed by atoms with Gasteiger partial charge in [0.2, 0.25) is 0 Å². The van der Waals surface area contributed by atoms with Crippen LogP contribution in [0.2, 0.25) is 0 Å². The summed E-state index contributed by atoms with van der Waals surface area (Å²) in [6, 6.07) is 12.2. The van der Waals surface area contributed by atoms with E-state index in [1.54, 1.807) is 0 Å². The third-order valence-electron chi connectivity index (χ3n) is 5.64. The maximum atomic E-state index is 12.4. The van der Waals surface area contributed by atoms with Gasteiger partial charge < -0.3 is 9.64 Å². The second kappa shape index (κ2) is 7.51. The van der Waals surface area contributed by atoms with E-state index in [1.807, 2.05) is 46.6 Å². The van der Waals surface area contributed by atoms with Crippen LogP contribution in [0, 0.1) is 6.92 Å². The van der Waals surface area contributed by atoms with Crippen LogP contribution in [0.4, 0.5) is 5.69 Å². The number of amides is 1. The minimum Gasteiger partial charge on any atom is -0.363 e. The summed E-state index contributed by atoms with van der Waals surface area (Å²) in [5.41, 5.74) is 2.17. The number of carbonyl (C=O) groups is 1. The standard InChI is InChI=1S/C21H26N2O2S/c1-17-8-13-26-19(17)14-22-11-5-9-21(10-12-22)16-23(20(24)15-25-21)18-6-3-2-4-7-18/h2-4,6-8,13H,5,9-12,14-16H2,1H3. The number of morpholine rings is 1. The SMILES string of the molecule is Cc1ccsc1CN1CCCC2(CC1)CN(c1ccccc1)C(=O)CO2. The number of likely N-dealkylation sites (tertiary alicyclic amines) is 1. The van der Waals surface area contributed by atoms with Gasteiger partial charge in [0.25, 0.3) is 5.91 Å². The number of para-hydroxylation sites is 1. The van der Waals surface area contributed by atoms with Crippen molar-refractivity contribution >= 4 is 22.9 Å². The van der Waals surface area contributed by atoms with Crippen molar-refractivity contribution in [3.8, 4) is 0 Å². The highest BCUT2D eigenvalue weighted by molar-refractivity contribution is 7.10. The lowest BCUT2D eigenvalue weighted by Gasteiger charge is -2.42. The molecule has 2 aromatic rings. The van der Waals surface area contributed by atoms with Crippen molar-refractivity contribution in [3.63, 3.8) is 0 Å². The molecule has 26 heavy (non-hydrogen) atoms. The number of ether oxygens (including phenoxy) is 1. The number of carbonyl (C=O) groups excluding carboxylic acids is 1. The molecule has 1 unspecified atom stereocenters. The zero-order valence-corrected chi connectivity index (χ0v) is 16.1. The third kappa shape index (κ3) is 3.70. The summed E-state index contributed by atoms with van der Waals surface area (Å²) < 4.78 is 6.14. The van der Waals surface area contributed by atoms with E-state index in [4.69, 9.17) is 4.74 Å². The van der Waals surface area contributed by atoms with Crippen molar-refractivity contribution in [2.45, 2.75) is 38.3 Å². The van der Waals surface area contributed by atoms with E-state index in [0.717, 1.165) is 44.6 Å². The van der Waals surface area contributed by atoms with Gasteiger partial charge in [0.15, 0.2) is 0 Å². The van der Waals surface area contributed by atoms with Gasteiger partial charge in [-0.25, -0.2) is 0 Å². The van der Waals surface area contributed by atoms with E-state index in [2.05, 4.69) is 23.3 Å². The lowest BCUT2D eigenvalue weighted by Crippen LogP contribution is -2.55. The van der Waals surface area contributed by atoms with E-state index >= 15 is 0 Å². The summed E-state index contributed by atoms with van der Waals surface area (Å²) in [6.45, 7) is 6.20. The Morgan fingerprint density at radius 2 is 2.00 bits per heavy atom. The molecule has 2 fully saturated rings. The molecule has 138 valence electrons. The quantitative estimate of drug-likeness (QED) is 0.823. The maximum Gasteiger partial charge on any atom is 0.253 e. The van der Waals surface area contributed by atoms with Crippen molar-refractivity contribution in [2.75, 3.05) is 31.1 Å². The summed E-state index contributed by atoms with van der Waals surface area (Å²) in [5, 5.41) is 2.18.